The van der Waals surface area contributed by atoms with Gasteiger partial charge in [0.25, 0.3) is 5.79 Å². The number of carbonyl (C=O) groups excluding carboxylic acids is 2. The smallest absolute Gasteiger partial charge is 0.366 e. The molecule has 2 saturated heterocycles. The van der Waals surface area contributed by atoms with Gasteiger partial charge in [0.2, 0.25) is 5.91 Å². The molecule has 2 heterocycles. The minimum Gasteiger partial charge on any atom is -0.465 e. The van der Waals surface area contributed by atoms with Crippen molar-refractivity contribution in [1.82, 2.24) is 5.32 Å². The van der Waals surface area contributed by atoms with Crippen LogP contribution in [0.2, 0.25) is 25.7 Å². The summed E-state index contributed by atoms with van der Waals surface area (Å²) in [6.07, 6.45) is -16.6. The fourth-order valence-electron chi connectivity index (χ4n) is 4.64. The molecule has 0 aromatic rings. The molecule has 0 aromatic carbocycles. The molecule has 2 fully saturated rings. The Bertz CT molecular complexity index is 845. The van der Waals surface area contributed by atoms with Crippen LogP contribution in [0.25, 0.3) is 0 Å². The highest BCUT2D eigenvalue weighted by atomic mass is 28.3. The Morgan fingerprint density at radius 1 is 1.07 bits per heavy atom. The van der Waals surface area contributed by atoms with E-state index in [1.807, 2.05) is 0 Å². The summed E-state index contributed by atoms with van der Waals surface area (Å²) in [6, 6.07) is -0.603. The average molecular weight is 600 g/mol. The van der Waals surface area contributed by atoms with Crippen LogP contribution in [-0.2, 0) is 33.3 Å². The number of esters is 1. The standard InChI is InChI=1S/C24H45NO14Si/c1-11(20-18(32)17(31)19(33)22(37-20)36-7-8-40(4,5)6)38-24(23(34)35-3)9-13(28)15(25-12(2)27)21(39-24)16(30)14(29)10-26/h11,13-22,26,28-33H,7-10H2,1-6H3,(H,25,27)/t11-,13+,14-,15-,16-,17+,18-,19-,20-,21-,22-,24-/m1/s1. The van der Waals surface area contributed by atoms with Crippen LogP contribution in [0, 0.1) is 0 Å². The van der Waals surface area contributed by atoms with Crippen molar-refractivity contribution in [2.45, 2.75) is 119 Å². The van der Waals surface area contributed by atoms with Crippen LogP contribution in [0.3, 0.4) is 0 Å². The molecule has 2 rings (SSSR count). The van der Waals surface area contributed by atoms with Gasteiger partial charge in [-0.25, -0.2) is 4.79 Å². The van der Waals surface area contributed by atoms with Gasteiger partial charge >= 0.3 is 5.97 Å². The van der Waals surface area contributed by atoms with Crippen molar-refractivity contribution in [2.24, 2.45) is 0 Å². The molecule has 1 amide bonds. The molecule has 8 N–H and O–H groups in total. The second-order valence-electron chi connectivity index (χ2n) is 11.5. The fourth-order valence-corrected chi connectivity index (χ4v) is 5.37. The number of amides is 1. The Kier molecular flexibility index (Phi) is 12.4. The Morgan fingerprint density at radius 3 is 2.23 bits per heavy atom. The van der Waals surface area contributed by atoms with Gasteiger partial charge in [-0.05, 0) is 13.0 Å². The number of rotatable bonds is 12. The third-order valence-corrected chi connectivity index (χ3v) is 8.64. The monoisotopic (exact) mass is 599 g/mol. The third kappa shape index (κ3) is 8.39. The zero-order valence-electron chi connectivity index (χ0n) is 23.7. The largest absolute Gasteiger partial charge is 0.465 e. The number of methoxy groups -OCH3 is 1. The number of carbonyl (C=O) groups is 2. The van der Waals surface area contributed by atoms with Gasteiger partial charge in [0.05, 0.1) is 32.0 Å². The first-order chi connectivity index (χ1) is 18.5. The van der Waals surface area contributed by atoms with Gasteiger partial charge in [0.1, 0.15) is 42.7 Å². The molecule has 16 heteroatoms. The van der Waals surface area contributed by atoms with Crippen molar-refractivity contribution < 1.29 is 69.0 Å². The minimum absolute atomic E-state index is 0.223. The first-order valence-corrected chi connectivity index (χ1v) is 16.9. The van der Waals surface area contributed by atoms with Gasteiger partial charge in [-0.15, -0.1) is 0 Å². The second kappa shape index (κ2) is 14.3. The van der Waals surface area contributed by atoms with E-state index in [0.717, 1.165) is 20.1 Å². The Labute approximate surface area is 234 Å². The molecule has 234 valence electrons. The van der Waals surface area contributed by atoms with Crippen LogP contribution >= 0.6 is 0 Å². The van der Waals surface area contributed by atoms with E-state index in [4.69, 9.17) is 23.7 Å². The second-order valence-corrected chi connectivity index (χ2v) is 17.1. The van der Waals surface area contributed by atoms with Crippen molar-refractivity contribution in [2.75, 3.05) is 20.3 Å². The molecule has 12 atom stereocenters. The highest BCUT2D eigenvalue weighted by molar-refractivity contribution is 6.76. The summed E-state index contributed by atoms with van der Waals surface area (Å²) < 4.78 is 27.9. The molecule has 15 nitrogen and oxygen atoms in total. The topological polar surface area (TPSA) is 234 Å². The van der Waals surface area contributed by atoms with Crippen molar-refractivity contribution in [3.05, 3.63) is 0 Å². The lowest BCUT2D eigenvalue weighted by Gasteiger charge is -2.49. The Morgan fingerprint density at radius 2 is 1.70 bits per heavy atom. The zero-order valence-corrected chi connectivity index (χ0v) is 24.7. The van der Waals surface area contributed by atoms with Crippen LogP contribution in [0.5, 0.6) is 0 Å². The molecular weight excluding hydrogens is 554 g/mol. The molecule has 0 spiro atoms. The highest BCUT2D eigenvalue weighted by Gasteiger charge is 2.58. The summed E-state index contributed by atoms with van der Waals surface area (Å²) in [5.74, 6) is -4.24. The van der Waals surface area contributed by atoms with E-state index in [1.165, 1.54) is 6.92 Å². The first kappa shape index (κ1) is 34.9. The van der Waals surface area contributed by atoms with Crippen LogP contribution in [0.1, 0.15) is 20.3 Å². The minimum atomic E-state index is -2.46. The fraction of sp³-hybridized carbons (Fsp3) is 0.917. The summed E-state index contributed by atoms with van der Waals surface area (Å²) in [5.41, 5.74) is 0. The van der Waals surface area contributed by atoms with Crippen LogP contribution < -0.4 is 5.32 Å². The Hall–Kier alpha value is -1.28. The molecular formula is C24H45NO14Si. The van der Waals surface area contributed by atoms with Crippen molar-refractivity contribution in [1.29, 1.82) is 0 Å². The van der Waals surface area contributed by atoms with Gasteiger partial charge in [0.15, 0.2) is 6.29 Å². The summed E-state index contributed by atoms with van der Waals surface area (Å²) in [6.45, 7) is 8.19. The lowest BCUT2D eigenvalue weighted by Crippen LogP contribution is -2.69. The number of ether oxygens (including phenoxy) is 5. The number of hydrogen-bond acceptors (Lipinski definition) is 14. The molecule has 0 saturated carbocycles. The first-order valence-electron chi connectivity index (χ1n) is 13.2. The normalized spacial score (nSPS) is 37.3. The van der Waals surface area contributed by atoms with E-state index >= 15 is 0 Å². The molecule has 2 aliphatic heterocycles. The van der Waals surface area contributed by atoms with Gasteiger partial charge in [0, 0.05) is 28.0 Å². The van der Waals surface area contributed by atoms with Crippen molar-refractivity contribution in [3.63, 3.8) is 0 Å². The lowest BCUT2D eigenvalue weighted by atomic mass is 9.88. The summed E-state index contributed by atoms with van der Waals surface area (Å²) in [5, 5.41) is 74.9. The van der Waals surface area contributed by atoms with Crippen molar-refractivity contribution >= 4 is 20.0 Å². The maximum atomic E-state index is 13.0. The molecule has 0 unspecified atom stereocenters. The molecule has 0 bridgehead atoms. The van der Waals surface area contributed by atoms with Gasteiger partial charge in [-0.2, -0.15) is 0 Å². The quantitative estimate of drug-likeness (QED) is 0.0815. The molecule has 40 heavy (non-hydrogen) atoms. The molecule has 0 aliphatic carbocycles. The van der Waals surface area contributed by atoms with E-state index in [2.05, 4.69) is 25.0 Å². The van der Waals surface area contributed by atoms with Crippen LogP contribution in [-0.4, -0.2) is 149 Å². The maximum absolute atomic E-state index is 13.0. The highest BCUT2D eigenvalue weighted by Crippen LogP contribution is 2.37. The van der Waals surface area contributed by atoms with Gasteiger partial charge in [-0.3, -0.25) is 4.79 Å². The lowest BCUT2D eigenvalue weighted by molar-refractivity contribution is -0.354. The van der Waals surface area contributed by atoms with Crippen LogP contribution in [0.4, 0.5) is 0 Å². The van der Waals surface area contributed by atoms with E-state index in [9.17, 15) is 45.3 Å². The third-order valence-electron chi connectivity index (χ3n) is 6.94. The summed E-state index contributed by atoms with van der Waals surface area (Å²) in [4.78, 5) is 24.8. The van der Waals surface area contributed by atoms with E-state index in [-0.39, 0.29) is 6.61 Å². The summed E-state index contributed by atoms with van der Waals surface area (Å²) in [7, 11) is -0.499. The predicted octanol–water partition coefficient (Wildman–Crippen LogP) is -3.21. The van der Waals surface area contributed by atoms with E-state index < -0.39 is 106 Å². The summed E-state index contributed by atoms with van der Waals surface area (Å²) >= 11 is 0. The van der Waals surface area contributed by atoms with Gasteiger partial charge in [-0.1, -0.05) is 19.6 Å². The van der Waals surface area contributed by atoms with Gasteiger partial charge < -0.3 is 64.7 Å². The predicted molar refractivity (Wildman–Crippen MR) is 138 cm³/mol. The number of aliphatic hydroxyl groups is 7. The Balaban J connectivity index is 2.35. The average Bonchev–Trinajstić information content (AvgIpc) is 2.87. The molecule has 2 aliphatic rings. The number of nitrogens with one attached hydrogen (secondary N) is 1. The number of hydrogen-bond donors (Lipinski definition) is 8. The zero-order chi connectivity index (χ0) is 30.6. The molecule has 0 aromatic heterocycles. The molecule has 0 radical (unpaired) electrons. The van der Waals surface area contributed by atoms with E-state index in [0.29, 0.717) is 0 Å². The SMILES string of the molecule is COC(=O)[C@@]1(O[C@H](C)[C@H]2O[C@@H](OCC[Si](C)(C)C)[C@H](O)[C@@H](O)[C@H]2O)C[C@H](O)[C@@H](NC(C)=O)[C@H]([C@H](O)[C@H](O)CO)O1. The van der Waals surface area contributed by atoms with Crippen molar-refractivity contribution in [3.8, 4) is 0 Å². The number of aliphatic hydroxyl groups excluding tert-OH is 7. The maximum Gasteiger partial charge on any atom is 0.366 e. The van der Waals surface area contributed by atoms with Crippen LogP contribution in [0.15, 0.2) is 0 Å². The van der Waals surface area contributed by atoms with E-state index in [1.54, 1.807) is 0 Å².